The van der Waals surface area contributed by atoms with Crippen molar-refractivity contribution in [1.29, 1.82) is 0 Å². The molecular weight excluding hydrogens is 164 g/mol. The molecule has 0 saturated carbocycles. The van der Waals surface area contributed by atoms with Crippen molar-refractivity contribution in [2.75, 3.05) is 6.61 Å². The molecule has 0 spiro atoms. The predicted octanol–water partition coefficient (Wildman–Crippen LogP) is 2.19. The average molecular weight is 182 g/mol. The molecule has 1 fully saturated rings. The van der Waals surface area contributed by atoms with Gasteiger partial charge in [-0.15, -0.1) is 12.3 Å². The maximum Gasteiger partial charge on any atom is 0.163 e. The van der Waals surface area contributed by atoms with Crippen LogP contribution in [0.25, 0.3) is 0 Å². The highest BCUT2D eigenvalue weighted by Gasteiger charge is 2.32. The summed E-state index contributed by atoms with van der Waals surface area (Å²) in [6, 6.07) is 0. The summed E-state index contributed by atoms with van der Waals surface area (Å²) in [4.78, 5) is 0. The van der Waals surface area contributed by atoms with Crippen molar-refractivity contribution in [3.05, 3.63) is 0 Å². The van der Waals surface area contributed by atoms with Gasteiger partial charge in [0, 0.05) is 6.42 Å². The van der Waals surface area contributed by atoms with Crippen LogP contribution in [-0.2, 0) is 9.47 Å². The minimum atomic E-state index is -0.402. The van der Waals surface area contributed by atoms with E-state index in [0.717, 1.165) is 12.8 Å². The second kappa shape index (κ2) is 4.13. The summed E-state index contributed by atoms with van der Waals surface area (Å²) in [5, 5.41) is 0. The topological polar surface area (TPSA) is 18.5 Å². The second-order valence-corrected chi connectivity index (χ2v) is 4.20. The first kappa shape index (κ1) is 10.6. The van der Waals surface area contributed by atoms with Crippen molar-refractivity contribution in [1.82, 2.24) is 0 Å². The predicted molar refractivity (Wildman–Crippen MR) is 52.1 cm³/mol. The van der Waals surface area contributed by atoms with Gasteiger partial charge in [0.25, 0.3) is 0 Å². The molecule has 0 bridgehead atoms. The number of ether oxygens (including phenoxy) is 2. The van der Waals surface area contributed by atoms with Crippen LogP contribution in [0.15, 0.2) is 0 Å². The quantitative estimate of drug-likeness (QED) is 0.623. The lowest BCUT2D eigenvalue weighted by molar-refractivity contribution is -0.139. The third-order valence-corrected chi connectivity index (χ3v) is 2.20. The zero-order chi connectivity index (χ0) is 9.90. The molecule has 1 heterocycles. The molecule has 0 aliphatic carbocycles. The van der Waals surface area contributed by atoms with Crippen LogP contribution in [0.3, 0.4) is 0 Å². The molecular formula is C11H18O2. The summed E-state index contributed by atoms with van der Waals surface area (Å²) in [5.41, 5.74) is 0. The first-order valence-corrected chi connectivity index (χ1v) is 4.79. The van der Waals surface area contributed by atoms with E-state index in [-0.39, 0.29) is 6.10 Å². The normalized spacial score (nSPS) is 28.3. The molecule has 0 aromatic heterocycles. The fraction of sp³-hybridized carbons (Fsp3) is 0.818. The van der Waals surface area contributed by atoms with Crippen LogP contribution in [0.4, 0.5) is 0 Å². The Balaban J connectivity index is 2.29. The fourth-order valence-corrected chi connectivity index (χ4v) is 1.61. The molecule has 0 N–H and O–H groups in total. The molecule has 2 nitrogen and oxygen atoms in total. The smallest absolute Gasteiger partial charge is 0.163 e. The molecule has 1 aliphatic rings. The van der Waals surface area contributed by atoms with Gasteiger partial charge < -0.3 is 9.47 Å². The van der Waals surface area contributed by atoms with Crippen molar-refractivity contribution in [3.8, 4) is 12.3 Å². The Morgan fingerprint density at radius 1 is 1.62 bits per heavy atom. The fourth-order valence-electron chi connectivity index (χ4n) is 1.61. The van der Waals surface area contributed by atoms with Crippen molar-refractivity contribution in [2.24, 2.45) is 5.92 Å². The van der Waals surface area contributed by atoms with E-state index >= 15 is 0 Å². The van der Waals surface area contributed by atoms with Crippen LogP contribution in [0.2, 0.25) is 0 Å². The summed E-state index contributed by atoms with van der Waals surface area (Å²) >= 11 is 0. The zero-order valence-corrected chi connectivity index (χ0v) is 8.67. The summed E-state index contributed by atoms with van der Waals surface area (Å²) in [6.45, 7) is 6.73. The number of terminal acetylenes is 1. The van der Waals surface area contributed by atoms with Gasteiger partial charge >= 0.3 is 0 Å². The lowest BCUT2D eigenvalue weighted by Crippen LogP contribution is -2.22. The van der Waals surface area contributed by atoms with Crippen LogP contribution in [0.5, 0.6) is 0 Å². The average Bonchev–Trinajstić information content (AvgIpc) is 2.30. The van der Waals surface area contributed by atoms with E-state index in [9.17, 15) is 0 Å². The number of rotatable bonds is 3. The minimum Gasteiger partial charge on any atom is -0.348 e. The second-order valence-electron chi connectivity index (χ2n) is 4.20. The molecule has 13 heavy (non-hydrogen) atoms. The molecule has 74 valence electrons. The van der Waals surface area contributed by atoms with E-state index in [4.69, 9.17) is 15.9 Å². The van der Waals surface area contributed by atoms with Gasteiger partial charge in [0.15, 0.2) is 5.79 Å². The molecule has 0 unspecified atom stereocenters. The summed E-state index contributed by atoms with van der Waals surface area (Å²) in [7, 11) is 0. The SMILES string of the molecule is C#CC[C@@H](C)C[C@@H]1COC(C)(C)O1. The Kier molecular flexibility index (Phi) is 3.35. The van der Waals surface area contributed by atoms with Crippen molar-refractivity contribution < 1.29 is 9.47 Å². The van der Waals surface area contributed by atoms with E-state index in [1.165, 1.54) is 0 Å². The van der Waals surface area contributed by atoms with E-state index in [0.29, 0.717) is 12.5 Å². The summed E-state index contributed by atoms with van der Waals surface area (Å²) in [5.74, 6) is 2.78. The number of hydrogen-bond acceptors (Lipinski definition) is 2. The summed E-state index contributed by atoms with van der Waals surface area (Å²) < 4.78 is 11.1. The molecule has 0 radical (unpaired) electrons. The van der Waals surface area contributed by atoms with E-state index in [2.05, 4.69) is 12.8 Å². The number of hydrogen-bond donors (Lipinski definition) is 0. The Hall–Kier alpha value is -0.520. The minimum absolute atomic E-state index is 0.221. The van der Waals surface area contributed by atoms with E-state index in [1.807, 2.05) is 13.8 Å². The lowest BCUT2D eigenvalue weighted by Gasteiger charge is -2.18. The van der Waals surface area contributed by atoms with Gasteiger partial charge in [-0.05, 0) is 26.2 Å². The van der Waals surface area contributed by atoms with Gasteiger partial charge in [-0.3, -0.25) is 0 Å². The Morgan fingerprint density at radius 3 is 2.77 bits per heavy atom. The van der Waals surface area contributed by atoms with Crippen molar-refractivity contribution in [3.63, 3.8) is 0 Å². The van der Waals surface area contributed by atoms with Gasteiger partial charge in [0.1, 0.15) is 0 Å². The Labute approximate surface area is 80.6 Å². The largest absolute Gasteiger partial charge is 0.348 e. The third-order valence-electron chi connectivity index (χ3n) is 2.20. The standard InChI is InChI=1S/C11H18O2/c1-5-6-9(2)7-10-8-12-11(3,4)13-10/h1,9-10H,6-8H2,2-4H3/t9-,10-/m1/s1. The highest BCUT2D eigenvalue weighted by molar-refractivity contribution is 4.86. The monoisotopic (exact) mass is 182 g/mol. The van der Waals surface area contributed by atoms with Gasteiger partial charge in [-0.1, -0.05) is 6.92 Å². The molecule has 0 amide bonds. The maximum atomic E-state index is 5.67. The molecule has 2 heteroatoms. The van der Waals surface area contributed by atoms with Crippen molar-refractivity contribution >= 4 is 0 Å². The van der Waals surface area contributed by atoms with E-state index < -0.39 is 5.79 Å². The molecule has 1 aliphatic heterocycles. The van der Waals surface area contributed by atoms with Crippen LogP contribution < -0.4 is 0 Å². The first-order chi connectivity index (χ1) is 6.03. The molecule has 1 rings (SSSR count). The Bertz CT molecular complexity index is 203. The van der Waals surface area contributed by atoms with Crippen LogP contribution in [0, 0.1) is 18.3 Å². The van der Waals surface area contributed by atoms with E-state index in [1.54, 1.807) is 0 Å². The van der Waals surface area contributed by atoms with Gasteiger partial charge in [-0.25, -0.2) is 0 Å². The summed E-state index contributed by atoms with van der Waals surface area (Å²) in [6.07, 6.45) is 7.27. The Morgan fingerprint density at radius 2 is 2.31 bits per heavy atom. The molecule has 0 aromatic rings. The molecule has 0 aromatic carbocycles. The highest BCUT2D eigenvalue weighted by atomic mass is 16.7. The third kappa shape index (κ3) is 3.38. The van der Waals surface area contributed by atoms with Crippen LogP contribution >= 0.6 is 0 Å². The van der Waals surface area contributed by atoms with Crippen molar-refractivity contribution in [2.45, 2.75) is 45.5 Å². The lowest BCUT2D eigenvalue weighted by atomic mass is 10.0. The maximum absolute atomic E-state index is 5.67. The van der Waals surface area contributed by atoms with Crippen LogP contribution in [0.1, 0.15) is 33.6 Å². The van der Waals surface area contributed by atoms with Gasteiger partial charge in [0.2, 0.25) is 0 Å². The molecule has 1 saturated heterocycles. The van der Waals surface area contributed by atoms with Gasteiger partial charge in [0.05, 0.1) is 12.7 Å². The highest BCUT2D eigenvalue weighted by Crippen LogP contribution is 2.26. The first-order valence-electron chi connectivity index (χ1n) is 4.79. The molecule has 2 atom stereocenters. The zero-order valence-electron chi connectivity index (χ0n) is 8.67. The van der Waals surface area contributed by atoms with Crippen LogP contribution in [-0.4, -0.2) is 18.5 Å². The van der Waals surface area contributed by atoms with Gasteiger partial charge in [-0.2, -0.15) is 0 Å².